The average Bonchev–Trinajstić information content (AvgIpc) is 1.84. The summed E-state index contributed by atoms with van der Waals surface area (Å²) in [7, 11) is 0. The van der Waals surface area contributed by atoms with Crippen molar-refractivity contribution in [2.45, 2.75) is 44.9 Å². The summed E-state index contributed by atoms with van der Waals surface area (Å²) in [6.07, 6.45) is 2.60. The summed E-state index contributed by atoms with van der Waals surface area (Å²) in [6.45, 7) is 5.86. The molecule has 0 aromatic heterocycles. The number of ketones is 1. The van der Waals surface area contributed by atoms with Crippen LogP contribution in [0.2, 0.25) is 0 Å². The topological polar surface area (TPSA) is 17.1 Å². The van der Waals surface area contributed by atoms with Crippen molar-refractivity contribution < 1.29 is 4.79 Å². The van der Waals surface area contributed by atoms with Crippen LogP contribution in [0.5, 0.6) is 0 Å². The Morgan fingerprint density at radius 2 is 1.91 bits per heavy atom. The van der Waals surface area contributed by atoms with Gasteiger partial charge in [0.05, 0.1) is 4.87 Å². The van der Waals surface area contributed by atoms with Crippen LogP contribution in [0.1, 0.15) is 40.0 Å². The quantitative estimate of drug-likeness (QED) is 0.517. The predicted octanol–water partition coefficient (Wildman–Crippen LogP) is 2.76. The Balaban J connectivity index is 2.91. The van der Waals surface area contributed by atoms with E-state index in [0.29, 0.717) is 12.2 Å². The molecule has 0 radical (unpaired) electrons. The van der Waals surface area contributed by atoms with Crippen LogP contribution in [0.25, 0.3) is 0 Å². The molecular formula is C9H15ClO. The van der Waals surface area contributed by atoms with Gasteiger partial charge in [-0.3, -0.25) is 4.79 Å². The molecule has 64 valence electrons. The molecule has 1 saturated carbocycles. The van der Waals surface area contributed by atoms with Gasteiger partial charge in [-0.15, -0.1) is 11.6 Å². The second-order valence-electron chi connectivity index (χ2n) is 4.10. The molecule has 0 spiro atoms. The Morgan fingerprint density at radius 3 is 2.27 bits per heavy atom. The highest BCUT2D eigenvalue weighted by Gasteiger charge is 2.46. The van der Waals surface area contributed by atoms with Crippen LogP contribution < -0.4 is 0 Å². The lowest BCUT2D eigenvalue weighted by molar-refractivity contribution is -0.131. The molecule has 0 amide bonds. The average molecular weight is 175 g/mol. The highest BCUT2D eigenvalue weighted by molar-refractivity contribution is 6.26. The Kier molecular flexibility index (Phi) is 2.04. The summed E-state index contributed by atoms with van der Waals surface area (Å²) < 4.78 is 0. The fraction of sp³-hybridized carbons (Fsp3) is 0.889. The molecule has 1 atom stereocenters. The zero-order valence-corrected chi connectivity index (χ0v) is 8.16. The van der Waals surface area contributed by atoms with Crippen LogP contribution in [-0.4, -0.2) is 10.7 Å². The molecule has 0 aromatic carbocycles. The van der Waals surface area contributed by atoms with E-state index < -0.39 is 0 Å². The maximum Gasteiger partial charge on any atom is 0.140 e. The maximum atomic E-state index is 11.4. The Morgan fingerprint density at radius 1 is 1.36 bits per heavy atom. The predicted molar refractivity (Wildman–Crippen MR) is 46.9 cm³/mol. The molecule has 11 heavy (non-hydrogen) atoms. The van der Waals surface area contributed by atoms with E-state index in [1.165, 1.54) is 0 Å². The molecule has 1 rings (SSSR count). The third kappa shape index (κ3) is 1.31. The van der Waals surface area contributed by atoms with Crippen LogP contribution in [0.15, 0.2) is 0 Å². The van der Waals surface area contributed by atoms with Crippen LogP contribution in [0.4, 0.5) is 0 Å². The molecule has 0 aliphatic heterocycles. The highest BCUT2D eigenvalue weighted by Crippen LogP contribution is 2.45. The van der Waals surface area contributed by atoms with Crippen molar-refractivity contribution in [1.29, 1.82) is 0 Å². The molecule has 2 heteroatoms. The van der Waals surface area contributed by atoms with Crippen molar-refractivity contribution in [1.82, 2.24) is 0 Å². The van der Waals surface area contributed by atoms with Gasteiger partial charge in [0.25, 0.3) is 0 Å². The Bertz CT molecular complexity index is 182. The number of hydrogen-bond donors (Lipinski definition) is 0. The first-order valence-corrected chi connectivity index (χ1v) is 4.48. The van der Waals surface area contributed by atoms with E-state index in [9.17, 15) is 4.79 Å². The summed E-state index contributed by atoms with van der Waals surface area (Å²) in [5, 5.41) is 0. The minimum atomic E-state index is -0.340. The first-order valence-electron chi connectivity index (χ1n) is 4.10. The van der Waals surface area contributed by atoms with E-state index in [-0.39, 0.29) is 10.3 Å². The summed E-state index contributed by atoms with van der Waals surface area (Å²) in [5.41, 5.74) is -0.340. The summed E-state index contributed by atoms with van der Waals surface area (Å²) in [5.74, 6) is 0.307. The number of halogens is 1. The molecule has 0 aromatic rings. The van der Waals surface area contributed by atoms with E-state index in [4.69, 9.17) is 11.6 Å². The highest BCUT2D eigenvalue weighted by atomic mass is 35.5. The van der Waals surface area contributed by atoms with Crippen LogP contribution in [0.3, 0.4) is 0 Å². The van der Waals surface area contributed by atoms with E-state index in [0.717, 1.165) is 12.8 Å². The molecule has 1 nitrogen and oxygen atoms in total. The van der Waals surface area contributed by atoms with E-state index in [1.54, 1.807) is 0 Å². The number of carbonyl (C=O) groups excluding carboxylic acids is 1. The summed E-state index contributed by atoms with van der Waals surface area (Å²) in [6, 6.07) is 0. The van der Waals surface area contributed by atoms with Gasteiger partial charge in [-0.25, -0.2) is 0 Å². The van der Waals surface area contributed by atoms with Crippen molar-refractivity contribution >= 4 is 17.4 Å². The maximum absolute atomic E-state index is 11.4. The largest absolute Gasteiger partial charge is 0.299 e. The lowest BCUT2D eigenvalue weighted by Gasteiger charge is -2.41. The molecule has 1 unspecified atom stereocenters. The molecular weight excluding hydrogens is 160 g/mol. The van der Waals surface area contributed by atoms with Crippen molar-refractivity contribution in [2.24, 2.45) is 5.41 Å². The second kappa shape index (κ2) is 2.48. The SMILES string of the molecule is CC1(Cl)CCCC(=O)C1(C)C. The van der Waals surface area contributed by atoms with Crippen molar-refractivity contribution in [3.05, 3.63) is 0 Å². The molecule has 0 heterocycles. The lowest BCUT2D eigenvalue weighted by atomic mass is 9.68. The second-order valence-corrected chi connectivity index (χ2v) is 4.93. The fourth-order valence-corrected chi connectivity index (χ4v) is 1.74. The molecule has 0 saturated heterocycles. The molecule has 1 fully saturated rings. The molecule has 0 N–H and O–H groups in total. The lowest BCUT2D eigenvalue weighted by Crippen LogP contribution is -2.46. The third-order valence-electron chi connectivity index (χ3n) is 3.05. The zero-order valence-electron chi connectivity index (χ0n) is 7.41. The van der Waals surface area contributed by atoms with Gasteiger partial charge < -0.3 is 0 Å². The van der Waals surface area contributed by atoms with E-state index in [2.05, 4.69) is 0 Å². The molecule has 1 aliphatic rings. The summed E-state index contributed by atoms with van der Waals surface area (Å²) in [4.78, 5) is 11.1. The van der Waals surface area contributed by atoms with Crippen molar-refractivity contribution in [3.8, 4) is 0 Å². The van der Waals surface area contributed by atoms with Gasteiger partial charge >= 0.3 is 0 Å². The first-order chi connectivity index (χ1) is 4.88. The zero-order chi connectivity index (χ0) is 8.70. The monoisotopic (exact) mass is 174 g/mol. The van der Waals surface area contributed by atoms with Crippen molar-refractivity contribution in [3.63, 3.8) is 0 Å². The number of rotatable bonds is 0. The number of alkyl halides is 1. The minimum Gasteiger partial charge on any atom is -0.299 e. The minimum absolute atomic E-state index is 0.307. The Labute approximate surface area is 73.1 Å². The van der Waals surface area contributed by atoms with Gasteiger partial charge in [0, 0.05) is 11.8 Å². The van der Waals surface area contributed by atoms with Gasteiger partial charge in [0.2, 0.25) is 0 Å². The number of hydrogen-bond acceptors (Lipinski definition) is 1. The normalized spacial score (nSPS) is 37.3. The number of Topliss-reactive ketones (excluding diaryl/α,β-unsaturated/α-hetero) is 1. The van der Waals surface area contributed by atoms with Crippen LogP contribution in [0, 0.1) is 5.41 Å². The third-order valence-corrected chi connectivity index (χ3v) is 3.71. The Hall–Kier alpha value is -0.0400. The van der Waals surface area contributed by atoms with E-state index >= 15 is 0 Å². The van der Waals surface area contributed by atoms with Gasteiger partial charge in [-0.1, -0.05) is 13.8 Å². The van der Waals surface area contributed by atoms with Crippen LogP contribution in [-0.2, 0) is 4.79 Å². The fourth-order valence-electron chi connectivity index (χ4n) is 1.50. The first kappa shape index (κ1) is 9.05. The number of carbonyl (C=O) groups is 1. The van der Waals surface area contributed by atoms with Gasteiger partial charge in [-0.2, -0.15) is 0 Å². The molecule has 1 aliphatic carbocycles. The smallest absolute Gasteiger partial charge is 0.140 e. The van der Waals surface area contributed by atoms with Gasteiger partial charge in [-0.05, 0) is 19.8 Å². The van der Waals surface area contributed by atoms with Crippen LogP contribution >= 0.6 is 11.6 Å². The standard InChI is InChI=1S/C9H15ClO/c1-8(2)7(11)5-4-6-9(8,3)10/h4-6H2,1-3H3. The van der Waals surface area contributed by atoms with Gasteiger partial charge in [0.15, 0.2) is 0 Å². The van der Waals surface area contributed by atoms with Gasteiger partial charge in [0.1, 0.15) is 5.78 Å². The van der Waals surface area contributed by atoms with E-state index in [1.807, 2.05) is 20.8 Å². The summed E-state index contributed by atoms with van der Waals surface area (Å²) >= 11 is 6.24. The molecule has 0 bridgehead atoms. The van der Waals surface area contributed by atoms with Crippen molar-refractivity contribution in [2.75, 3.05) is 0 Å².